The van der Waals surface area contributed by atoms with E-state index in [-0.39, 0.29) is 0 Å². The highest BCUT2D eigenvalue weighted by molar-refractivity contribution is 6.30. The first kappa shape index (κ1) is 16.4. The van der Waals surface area contributed by atoms with Crippen molar-refractivity contribution in [3.8, 4) is 11.5 Å². The molecule has 1 fully saturated rings. The number of likely N-dealkylation sites (N-methyl/N-ethyl adjacent to an activating group) is 1. The van der Waals surface area contributed by atoms with E-state index in [1.54, 1.807) is 13.2 Å². The highest BCUT2D eigenvalue weighted by atomic mass is 35.5. The van der Waals surface area contributed by atoms with Crippen LogP contribution in [0.2, 0.25) is 5.02 Å². The van der Waals surface area contributed by atoms with Crippen LogP contribution in [0, 0.1) is 0 Å². The number of hydrogen-bond acceptors (Lipinski definition) is 5. The van der Waals surface area contributed by atoms with E-state index in [0.29, 0.717) is 29.7 Å². The Morgan fingerprint density at radius 2 is 1.95 bits per heavy atom. The molecule has 1 aromatic rings. The van der Waals surface area contributed by atoms with Gasteiger partial charge < -0.3 is 20.1 Å². The molecule has 1 saturated heterocycles. The van der Waals surface area contributed by atoms with Crippen molar-refractivity contribution in [2.75, 3.05) is 53.5 Å². The number of piperazine rings is 1. The monoisotopic (exact) mass is 313 g/mol. The molecule has 0 unspecified atom stereocenters. The van der Waals surface area contributed by atoms with Crippen LogP contribution in [0.15, 0.2) is 12.1 Å². The highest BCUT2D eigenvalue weighted by Crippen LogP contribution is 2.34. The molecule has 0 spiro atoms. The second-order valence-electron chi connectivity index (χ2n) is 5.29. The van der Waals surface area contributed by atoms with Crippen LogP contribution in [0.4, 0.5) is 0 Å². The molecule has 0 radical (unpaired) electrons. The average Bonchev–Trinajstić information content (AvgIpc) is 2.49. The Balaban J connectivity index is 1.93. The Kier molecular flexibility index (Phi) is 6.11. The van der Waals surface area contributed by atoms with Crippen LogP contribution in [0.25, 0.3) is 0 Å². The molecular weight excluding hydrogens is 290 g/mol. The average molecular weight is 314 g/mol. The third kappa shape index (κ3) is 4.48. The van der Waals surface area contributed by atoms with Crippen LogP contribution >= 0.6 is 11.6 Å². The molecule has 118 valence electrons. The van der Waals surface area contributed by atoms with Crippen molar-refractivity contribution in [1.82, 2.24) is 9.80 Å². The van der Waals surface area contributed by atoms with Gasteiger partial charge in [-0.3, -0.25) is 4.90 Å². The minimum atomic E-state index is 0.376. The smallest absolute Gasteiger partial charge is 0.165 e. The van der Waals surface area contributed by atoms with E-state index >= 15 is 0 Å². The van der Waals surface area contributed by atoms with Gasteiger partial charge in [-0.25, -0.2) is 0 Å². The number of methoxy groups -OCH3 is 1. The SMILES string of the molecule is COc1cc(Cl)cc(CN)c1OCCN1CCN(C)CC1. The van der Waals surface area contributed by atoms with Gasteiger partial charge in [-0.15, -0.1) is 0 Å². The Labute approximate surface area is 131 Å². The maximum absolute atomic E-state index is 6.04. The first-order chi connectivity index (χ1) is 10.1. The number of halogens is 1. The van der Waals surface area contributed by atoms with Gasteiger partial charge in [0, 0.05) is 55.9 Å². The number of nitrogens with zero attached hydrogens (tertiary/aromatic N) is 2. The van der Waals surface area contributed by atoms with Crippen LogP contribution < -0.4 is 15.2 Å². The lowest BCUT2D eigenvalue weighted by atomic mass is 10.2. The van der Waals surface area contributed by atoms with Crippen LogP contribution in [-0.4, -0.2) is 63.3 Å². The van der Waals surface area contributed by atoms with Crippen LogP contribution in [0.3, 0.4) is 0 Å². The van der Waals surface area contributed by atoms with Crippen molar-refractivity contribution in [2.24, 2.45) is 5.73 Å². The van der Waals surface area contributed by atoms with Gasteiger partial charge in [0.2, 0.25) is 0 Å². The molecule has 1 aliphatic heterocycles. The third-order valence-electron chi connectivity index (χ3n) is 3.79. The molecular formula is C15H24ClN3O2. The van der Waals surface area contributed by atoms with Gasteiger partial charge in [0.15, 0.2) is 11.5 Å². The van der Waals surface area contributed by atoms with Gasteiger partial charge in [-0.1, -0.05) is 11.6 Å². The van der Waals surface area contributed by atoms with E-state index in [4.69, 9.17) is 26.8 Å². The zero-order chi connectivity index (χ0) is 15.2. The quantitative estimate of drug-likeness (QED) is 0.861. The second-order valence-corrected chi connectivity index (χ2v) is 5.73. The summed E-state index contributed by atoms with van der Waals surface area (Å²) in [7, 11) is 3.76. The lowest BCUT2D eigenvalue weighted by molar-refractivity contribution is 0.132. The summed E-state index contributed by atoms with van der Waals surface area (Å²) in [5.41, 5.74) is 6.64. The summed E-state index contributed by atoms with van der Waals surface area (Å²) in [6.45, 7) is 6.29. The Morgan fingerprint density at radius 1 is 1.24 bits per heavy atom. The summed E-state index contributed by atoms with van der Waals surface area (Å²) in [4.78, 5) is 4.75. The van der Waals surface area contributed by atoms with Crippen molar-refractivity contribution >= 4 is 11.6 Å². The molecule has 2 rings (SSSR count). The molecule has 0 atom stereocenters. The maximum atomic E-state index is 6.04. The molecule has 2 N–H and O–H groups in total. The Morgan fingerprint density at radius 3 is 2.57 bits per heavy atom. The van der Waals surface area contributed by atoms with E-state index in [0.717, 1.165) is 38.3 Å². The van der Waals surface area contributed by atoms with Gasteiger partial charge >= 0.3 is 0 Å². The number of benzene rings is 1. The Bertz CT molecular complexity index is 437. The molecule has 6 heteroatoms. The highest BCUT2D eigenvalue weighted by Gasteiger charge is 2.15. The first-order valence-electron chi connectivity index (χ1n) is 7.24. The molecule has 5 nitrogen and oxygen atoms in total. The second kappa shape index (κ2) is 7.84. The van der Waals surface area contributed by atoms with Gasteiger partial charge in [0.05, 0.1) is 7.11 Å². The molecule has 0 bridgehead atoms. The normalized spacial score (nSPS) is 17.0. The summed E-state index contributed by atoms with van der Waals surface area (Å²) in [6, 6.07) is 3.58. The van der Waals surface area contributed by atoms with E-state index in [1.165, 1.54) is 0 Å². The molecule has 1 aliphatic rings. The fourth-order valence-electron chi connectivity index (χ4n) is 2.44. The van der Waals surface area contributed by atoms with Gasteiger partial charge in [-0.05, 0) is 13.1 Å². The molecule has 21 heavy (non-hydrogen) atoms. The number of nitrogens with two attached hydrogens (primary N) is 1. The first-order valence-corrected chi connectivity index (χ1v) is 7.62. The van der Waals surface area contributed by atoms with Crippen molar-refractivity contribution in [3.63, 3.8) is 0 Å². The fourth-order valence-corrected chi connectivity index (χ4v) is 2.67. The largest absolute Gasteiger partial charge is 0.493 e. The summed E-state index contributed by atoms with van der Waals surface area (Å²) in [5, 5.41) is 0.610. The number of rotatable bonds is 6. The van der Waals surface area contributed by atoms with Crippen LogP contribution in [-0.2, 0) is 6.54 Å². The van der Waals surface area contributed by atoms with E-state index in [9.17, 15) is 0 Å². The molecule has 0 saturated carbocycles. The third-order valence-corrected chi connectivity index (χ3v) is 4.00. The van der Waals surface area contributed by atoms with Gasteiger partial charge in [0.25, 0.3) is 0 Å². The molecule has 1 heterocycles. The summed E-state index contributed by atoms with van der Waals surface area (Å²) in [5.74, 6) is 1.35. The lowest BCUT2D eigenvalue weighted by Crippen LogP contribution is -2.45. The zero-order valence-electron chi connectivity index (χ0n) is 12.8. The zero-order valence-corrected chi connectivity index (χ0v) is 13.5. The van der Waals surface area contributed by atoms with Crippen molar-refractivity contribution < 1.29 is 9.47 Å². The van der Waals surface area contributed by atoms with Crippen molar-refractivity contribution in [1.29, 1.82) is 0 Å². The summed E-state index contributed by atoms with van der Waals surface area (Å²) >= 11 is 6.04. The maximum Gasteiger partial charge on any atom is 0.165 e. The van der Waals surface area contributed by atoms with Crippen LogP contribution in [0.1, 0.15) is 5.56 Å². The molecule has 0 aliphatic carbocycles. The van der Waals surface area contributed by atoms with Crippen molar-refractivity contribution in [3.05, 3.63) is 22.7 Å². The van der Waals surface area contributed by atoms with E-state index in [2.05, 4.69) is 16.8 Å². The topological polar surface area (TPSA) is 51.0 Å². The summed E-state index contributed by atoms with van der Waals surface area (Å²) < 4.78 is 11.3. The molecule has 0 amide bonds. The van der Waals surface area contributed by atoms with Crippen LogP contribution in [0.5, 0.6) is 11.5 Å². The van der Waals surface area contributed by atoms with E-state index in [1.807, 2.05) is 6.07 Å². The molecule has 0 aromatic heterocycles. The number of hydrogen-bond donors (Lipinski definition) is 1. The fraction of sp³-hybridized carbons (Fsp3) is 0.600. The standard InChI is InChI=1S/C15H24ClN3O2/c1-18-3-5-19(6-4-18)7-8-21-15-12(11-17)9-13(16)10-14(15)20-2/h9-10H,3-8,11,17H2,1-2H3. The van der Waals surface area contributed by atoms with Crippen molar-refractivity contribution in [2.45, 2.75) is 6.54 Å². The summed E-state index contributed by atoms with van der Waals surface area (Å²) in [6.07, 6.45) is 0. The predicted octanol–water partition coefficient (Wildman–Crippen LogP) is 1.43. The van der Waals surface area contributed by atoms with Gasteiger partial charge in [0.1, 0.15) is 6.61 Å². The minimum Gasteiger partial charge on any atom is -0.493 e. The Hall–Kier alpha value is -1.01. The number of ether oxygens (including phenoxy) is 2. The van der Waals surface area contributed by atoms with Gasteiger partial charge in [-0.2, -0.15) is 0 Å². The lowest BCUT2D eigenvalue weighted by Gasteiger charge is -2.32. The minimum absolute atomic E-state index is 0.376. The predicted molar refractivity (Wildman–Crippen MR) is 85.3 cm³/mol. The molecule has 1 aromatic carbocycles. The van der Waals surface area contributed by atoms with E-state index < -0.39 is 0 Å².